The molecule has 0 bridgehead atoms. The topological polar surface area (TPSA) is 39.9 Å². The number of pyridine rings is 1. The molecular weight excluding hydrogens is 270 g/mol. The van der Waals surface area contributed by atoms with Crippen molar-refractivity contribution in [2.75, 3.05) is 4.90 Å². The number of hydrogen-bond acceptors (Lipinski definition) is 3. The Morgan fingerprint density at radius 3 is 2.95 bits per heavy atom. The maximum absolute atomic E-state index is 9.12. The molecule has 0 saturated heterocycles. The van der Waals surface area contributed by atoms with Crippen LogP contribution in [0.4, 0.5) is 11.5 Å². The highest BCUT2D eigenvalue weighted by Gasteiger charge is 2.27. The van der Waals surface area contributed by atoms with E-state index in [1.54, 1.807) is 12.3 Å². The van der Waals surface area contributed by atoms with Gasteiger partial charge in [0.15, 0.2) is 5.82 Å². The summed E-state index contributed by atoms with van der Waals surface area (Å²) in [5.74, 6) is 0.672. The predicted molar refractivity (Wildman–Crippen MR) is 80.3 cm³/mol. The van der Waals surface area contributed by atoms with Crippen LogP contribution in [-0.4, -0.2) is 11.0 Å². The molecule has 0 aliphatic carbocycles. The monoisotopic (exact) mass is 283 g/mol. The van der Waals surface area contributed by atoms with Crippen LogP contribution in [0.3, 0.4) is 0 Å². The Kier molecular flexibility index (Phi) is 3.33. The largest absolute Gasteiger partial charge is 0.322 e. The first-order valence-corrected chi connectivity index (χ1v) is 7.02. The molecule has 0 saturated carbocycles. The Hall–Kier alpha value is -2.05. The van der Waals surface area contributed by atoms with Crippen LogP contribution in [0.1, 0.15) is 24.5 Å². The van der Waals surface area contributed by atoms with Crippen LogP contribution in [0.25, 0.3) is 0 Å². The predicted octanol–water partition coefficient (Wildman–Crippen LogP) is 4.08. The van der Waals surface area contributed by atoms with Crippen molar-refractivity contribution in [1.29, 1.82) is 5.26 Å². The minimum Gasteiger partial charge on any atom is -0.322 e. The zero-order valence-corrected chi connectivity index (χ0v) is 11.9. The van der Waals surface area contributed by atoms with E-state index in [4.69, 9.17) is 16.9 Å². The van der Waals surface area contributed by atoms with Crippen LogP contribution in [0.5, 0.6) is 0 Å². The highest BCUT2D eigenvalue weighted by molar-refractivity contribution is 6.34. The van der Waals surface area contributed by atoms with Gasteiger partial charge in [0.1, 0.15) is 11.1 Å². The SMILES string of the molecule is CC1CCc2ccccc2N1c1nccc(C#N)c1Cl. The second kappa shape index (κ2) is 5.15. The number of fused-ring (bicyclic) bond motifs is 1. The van der Waals surface area contributed by atoms with E-state index in [1.807, 2.05) is 12.1 Å². The fourth-order valence-corrected chi connectivity index (χ4v) is 2.94. The van der Waals surface area contributed by atoms with E-state index in [0.29, 0.717) is 22.4 Å². The van der Waals surface area contributed by atoms with Crippen LogP contribution in [0, 0.1) is 11.3 Å². The van der Waals surface area contributed by atoms with Gasteiger partial charge in [-0.2, -0.15) is 5.26 Å². The van der Waals surface area contributed by atoms with E-state index < -0.39 is 0 Å². The summed E-state index contributed by atoms with van der Waals surface area (Å²) in [5, 5.41) is 9.55. The molecule has 100 valence electrons. The van der Waals surface area contributed by atoms with Crippen molar-refractivity contribution in [2.24, 2.45) is 0 Å². The minimum atomic E-state index is 0.309. The van der Waals surface area contributed by atoms with Crippen molar-refractivity contribution in [3.05, 3.63) is 52.7 Å². The number of halogens is 1. The van der Waals surface area contributed by atoms with Gasteiger partial charge in [-0.05, 0) is 37.5 Å². The summed E-state index contributed by atoms with van der Waals surface area (Å²) in [7, 11) is 0. The third-order valence-corrected chi connectivity index (χ3v) is 4.12. The normalized spacial score (nSPS) is 17.4. The second-order valence-corrected chi connectivity index (χ2v) is 5.37. The summed E-state index contributed by atoms with van der Waals surface area (Å²) in [6, 6.07) is 12.4. The summed E-state index contributed by atoms with van der Waals surface area (Å²) in [6.45, 7) is 2.16. The maximum Gasteiger partial charge on any atom is 0.153 e. The number of aromatic nitrogens is 1. The van der Waals surface area contributed by atoms with Gasteiger partial charge in [-0.25, -0.2) is 4.98 Å². The number of benzene rings is 1. The molecule has 1 aromatic carbocycles. The van der Waals surface area contributed by atoms with Crippen LogP contribution in [-0.2, 0) is 6.42 Å². The van der Waals surface area contributed by atoms with Gasteiger partial charge in [0.25, 0.3) is 0 Å². The Bertz CT molecular complexity index is 690. The summed E-state index contributed by atoms with van der Waals surface area (Å²) < 4.78 is 0. The molecule has 0 fully saturated rings. The zero-order chi connectivity index (χ0) is 14.1. The first-order valence-electron chi connectivity index (χ1n) is 6.64. The van der Waals surface area contributed by atoms with Gasteiger partial charge in [-0.1, -0.05) is 29.8 Å². The summed E-state index contributed by atoms with van der Waals surface area (Å²) >= 11 is 6.35. The first-order chi connectivity index (χ1) is 9.72. The third-order valence-electron chi connectivity index (χ3n) is 3.74. The van der Waals surface area contributed by atoms with Gasteiger partial charge >= 0.3 is 0 Å². The highest BCUT2D eigenvalue weighted by Crippen LogP contribution is 2.39. The fourth-order valence-electron chi connectivity index (χ4n) is 2.70. The number of anilines is 2. The van der Waals surface area contributed by atoms with Gasteiger partial charge < -0.3 is 4.90 Å². The van der Waals surface area contributed by atoms with Crippen molar-refractivity contribution < 1.29 is 0 Å². The molecule has 1 aliphatic rings. The molecule has 1 atom stereocenters. The number of hydrogen-bond donors (Lipinski definition) is 0. The van der Waals surface area contributed by atoms with Gasteiger partial charge in [-0.15, -0.1) is 0 Å². The lowest BCUT2D eigenvalue weighted by molar-refractivity contribution is 0.613. The zero-order valence-electron chi connectivity index (χ0n) is 11.2. The van der Waals surface area contributed by atoms with Gasteiger partial charge in [0.2, 0.25) is 0 Å². The molecule has 3 nitrogen and oxygen atoms in total. The minimum absolute atomic E-state index is 0.309. The van der Waals surface area contributed by atoms with E-state index in [-0.39, 0.29) is 0 Å². The quantitative estimate of drug-likeness (QED) is 0.792. The molecule has 1 unspecified atom stereocenters. The van der Waals surface area contributed by atoms with E-state index in [2.05, 4.69) is 35.0 Å². The molecule has 2 heterocycles. The van der Waals surface area contributed by atoms with Crippen molar-refractivity contribution >= 4 is 23.1 Å². The van der Waals surface area contributed by atoms with Gasteiger partial charge in [-0.3, -0.25) is 0 Å². The van der Waals surface area contributed by atoms with Crippen molar-refractivity contribution in [1.82, 2.24) is 4.98 Å². The number of rotatable bonds is 1. The van der Waals surface area contributed by atoms with Crippen LogP contribution in [0.2, 0.25) is 5.02 Å². The molecular formula is C16H14ClN3. The van der Waals surface area contributed by atoms with Crippen molar-refractivity contribution in [3.8, 4) is 6.07 Å². The average Bonchev–Trinajstić information content (AvgIpc) is 2.48. The van der Waals surface area contributed by atoms with E-state index in [0.717, 1.165) is 18.5 Å². The van der Waals surface area contributed by atoms with Crippen LogP contribution < -0.4 is 4.90 Å². The van der Waals surface area contributed by atoms with Crippen molar-refractivity contribution in [3.63, 3.8) is 0 Å². The van der Waals surface area contributed by atoms with Crippen LogP contribution >= 0.6 is 11.6 Å². The molecule has 20 heavy (non-hydrogen) atoms. The summed E-state index contributed by atoms with van der Waals surface area (Å²) in [5.41, 5.74) is 2.90. The molecule has 0 spiro atoms. The Morgan fingerprint density at radius 1 is 1.35 bits per heavy atom. The molecule has 3 rings (SSSR count). The first kappa shape index (κ1) is 13.0. The van der Waals surface area contributed by atoms with E-state index >= 15 is 0 Å². The molecule has 0 amide bonds. The lowest BCUT2D eigenvalue weighted by Gasteiger charge is -2.36. The summed E-state index contributed by atoms with van der Waals surface area (Å²) in [6.07, 6.45) is 3.75. The van der Waals surface area contributed by atoms with Crippen LogP contribution in [0.15, 0.2) is 36.5 Å². The Balaban J connectivity index is 2.17. The third kappa shape index (κ3) is 2.03. The smallest absolute Gasteiger partial charge is 0.153 e. The number of nitrogens with zero attached hydrogens (tertiary/aromatic N) is 3. The molecule has 1 aliphatic heterocycles. The standard InChI is InChI=1S/C16H14ClN3/c1-11-6-7-12-4-2-3-5-14(12)20(11)16-15(17)13(10-18)8-9-19-16/h2-5,8-9,11H,6-7H2,1H3. The van der Waals surface area contributed by atoms with Gasteiger partial charge in [0.05, 0.1) is 5.56 Å². The molecule has 2 aromatic rings. The highest BCUT2D eigenvalue weighted by atomic mass is 35.5. The molecule has 4 heteroatoms. The van der Waals surface area contributed by atoms with E-state index in [9.17, 15) is 0 Å². The van der Waals surface area contributed by atoms with Crippen molar-refractivity contribution in [2.45, 2.75) is 25.8 Å². The lowest BCUT2D eigenvalue weighted by atomic mass is 9.96. The average molecular weight is 284 g/mol. The maximum atomic E-state index is 9.12. The van der Waals surface area contributed by atoms with Gasteiger partial charge in [0, 0.05) is 17.9 Å². The van der Waals surface area contributed by atoms with E-state index in [1.165, 1.54) is 5.56 Å². The number of aryl methyl sites for hydroxylation is 1. The fraction of sp³-hybridized carbons (Fsp3) is 0.250. The number of nitriles is 1. The Labute approximate surface area is 123 Å². The molecule has 0 N–H and O–H groups in total. The summed E-state index contributed by atoms with van der Waals surface area (Å²) in [4.78, 5) is 6.54. The second-order valence-electron chi connectivity index (χ2n) is 4.99. The number of para-hydroxylation sites is 1. The Morgan fingerprint density at radius 2 is 2.15 bits per heavy atom. The molecule has 1 aromatic heterocycles. The lowest BCUT2D eigenvalue weighted by Crippen LogP contribution is -2.34. The molecule has 0 radical (unpaired) electrons.